The highest BCUT2D eigenvalue weighted by atomic mass is 35.5. The monoisotopic (exact) mass is 271 g/mol. The summed E-state index contributed by atoms with van der Waals surface area (Å²) in [5.74, 6) is 1.67. The Kier molecular flexibility index (Phi) is 6.30. The highest BCUT2D eigenvalue weighted by molar-refractivity contribution is 5.85. The molecule has 102 valence electrons. The maximum absolute atomic E-state index is 6.17. The number of fused-ring (bicyclic) bond motifs is 1. The maximum atomic E-state index is 6.17. The van der Waals surface area contributed by atoms with Gasteiger partial charge in [0, 0.05) is 6.04 Å². The molecular weight excluding hydrogens is 250 g/mol. The third-order valence-electron chi connectivity index (χ3n) is 3.11. The summed E-state index contributed by atoms with van der Waals surface area (Å²) in [6.45, 7) is 3.46. The van der Waals surface area contributed by atoms with Crippen molar-refractivity contribution >= 4 is 12.4 Å². The number of unbranched alkanes of at least 4 members (excludes halogenated alkanes) is 2. The van der Waals surface area contributed by atoms with E-state index in [0.29, 0.717) is 13.2 Å². The normalized spacial score (nSPS) is 14.8. The molecule has 0 aliphatic carbocycles. The average Bonchev–Trinajstić information content (AvgIpc) is 2.38. The molecule has 0 saturated carbocycles. The molecule has 1 atom stereocenters. The van der Waals surface area contributed by atoms with E-state index in [9.17, 15) is 0 Å². The summed E-state index contributed by atoms with van der Waals surface area (Å²) in [5.41, 5.74) is 7.32. The number of hydrogen-bond donors (Lipinski definition) is 1. The lowest BCUT2D eigenvalue weighted by molar-refractivity contribution is 0.171. The van der Waals surface area contributed by atoms with Crippen LogP contribution in [0.1, 0.15) is 44.2 Å². The van der Waals surface area contributed by atoms with E-state index in [4.69, 9.17) is 15.2 Å². The van der Waals surface area contributed by atoms with E-state index < -0.39 is 0 Å². The molecule has 1 heterocycles. The molecule has 0 bridgehead atoms. The third-order valence-corrected chi connectivity index (χ3v) is 3.11. The van der Waals surface area contributed by atoms with Gasteiger partial charge in [0.05, 0.1) is 0 Å². The van der Waals surface area contributed by atoms with Gasteiger partial charge < -0.3 is 15.2 Å². The molecule has 1 aliphatic heterocycles. The molecular formula is C14H22ClNO2. The van der Waals surface area contributed by atoms with Crippen LogP contribution in [0.25, 0.3) is 0 Å². The molecule has 1 aromatic carbocycles. The van der Waals surface area contributed by atoms with Crippen molar-refractivity contribution in [3.05, 3.63) is 23.8 Å². The quantitative estimate of drug-likeness (QED) is 0.834. The third kappa shape index (κ3) is 3.79. The Hall–Kier alpha value is -0.930. The van der Waals surface area contributed by atoms with Crippen LogP contribution < -0.4 is 15.2 Å². The predicted octanol–water partition coefficient (Wildman–Crippen LogP) is 3.46. The fourth-order valence-corrected chi connectivity index (χ4v) is 2.07. The molecule has 2 N–H and O–H groups in total. The first-order chi connectivity index (χ1) is 8.31. The van der Waals surface area contributed by atoms with Crippen molar-refractivity contribution in [1.29, 1.82) is 0 Å². The van der Waals surface area contributed by atoms with E-state index >= 15 is 0 Å². The Bertz CT molecular complexity index is 371. The highest BCUT2D eigenvalue weighted by Gasteiger charge is 2.14. The van der Waals surface area contributed by atoms with Gasteiger partial charge in [-0.2, -0.15) is 0 Å². The highest BCUT2D eigenvalue weighted by Crippen LogP contribution is 2.33. The molecule has 3 nitrogen and oxygen atoms in total. The second-order valence-electron chi connectivity index (χ2n) is 4.51. The van der Waals surface area contributed by atoms with E-state index in [1.165, 1.54) is 19.3 Å². The van der Waals surface area contributed by atoms with Crippen LogP contribution in [0.2, 0.25) is 0 Å². The topological polar surface area (TPSA) is 44.5 Å². The summed E-state index contributed by atoms with van der Waals surface area (Å²) in [4.78, 5) is 0. The molecule has 0 fully saturated rings. The van der Waals surface area contributed by atoms with E-state index in [0.717, 1.165) is 23.5 Å². The Morgan fingerprint density at radius 3 is 2.61 bits per heavy atom. The van der Waals surface area contributed by atoms with Crippen LogP contribution >= 0.6 is 12.4 Å². The fourth-order valence-electron chi connectivity index (χ4n) is 2.07. The van der Waals surface area contributed by atoms with E-state index in [1.807, 2.05) is 18.2 Å². The Labute approximate surface area is 115 Å². The first kappa shape index (κ1) is 15.1. The molecule has 0 spiro atoms. The van der Waals surface area contributed by atoms with Crippen molar-refractivity contribution in [2.75, 3.05) is 13.2 Å². The van der Waals surface area contributed by atoms with Gasteiger partial charge >= 0.3 is 0 Å². The summed E-state index contributed by atoms with van der Waals surface area (Å²) in [5, 5.41) is 0. The van der Waals surface area contributed by atoms with E-state index in [-0.39, 0.29) is 18.4 Å². The number of benzene rings is 1. The van der Waals surface area contributed by atoms with Gasteiger partial charge in [-0.3, -0.25) is 0 Å². The SMILES string of the molecule is CCCCC[C@H](N)c1ccc2c(c1)OCCO2.Cl. The molecule has 0 radical (unpaired) electrons. The number of halogens is 1. The first-order valence-corrected chi connectivity index (χ1v) is 6.46. The Morgan fingerprint density at radius 2 is 1.89 bits per heavy atom. The van der Waals surface area contributed by atoms with Crippen molar-refractivity contribution in [2.45, 2.75) is 38.6 Å². The van der Waals surface area contributed by atoms with Crippen LogP contribution in [0.4, 0.5) is 0 Å². The Morgan fingerprint density at radius 1 is 1.17 bits per heavy atom. The van der Waals surface area contributed by atoms with Gasteiger partial charge in [0.25, 0.3) is 0 Å². The first-order valence-electron chi connectivity index (χ1n) is 6.46. The van der Waals surface area contributed by atoms with Crippen molar-refractivity contribution in [3.63, 3.8) is 0 Å². The van der Waals surface area contributed by atoms with Crippen LogP contribution in [-0.4, -0.2) is 13.2 Å². The van der Waals surface area contributed by atoms with Gasteiger partial charge in [0.2, 0.25) is 0 Å². The zero-order valence-electron chi connectivity index (χ0n) is 10.9. The molecule has 18 heavy (non-hydrogen) atoms. The number of nitrogens with two attached hydrogens (primary N) is 1. The minimum Gasteiger partial charge on any atom is -0.486 e. The van der Waals surface area contributed by atoms with Crippen LogP contribution in [0.5, 0.6) is 11.5 Å². The van der Waals surface area contributed by atoms with Crippen LogP contribution in [0.3, 0.4) is 0 Å². The lowest BCUT2D eigenvalue weighted by atomic mass is 10.0. The molecule has 1 aliphatic rings. The van der Waals surface area contributed by atoms with Gasteiger partial charge in [-0.15, -0.1) is 12.4 Å². The largest absolute Gasteiger partial charge is 0.486 e. The number of ether oxygens (including phenoxy) is 2. The zero-order chi connectivity index (χ0) is 12.1. The van der Waals surface area contributed by atoms with Crippen LogP contribution in [-0.2, 0) is 0 Å². The van der Waals surface area contributed by atoms with Crippen LogP contribution in [0, 0.1) is 0 Å². The molecule has 2 rings (SSSR count). The summed E-state index contributed by atoms with van der Waals surface area (Å²) in [6.07, 6.45) is 4.70. The minimum absolute atomic E-state index is 0. The second kappa shape index (κ2) is 7.49. The van der Waals surface area contributed by atoms with E-state index in [2.05, 4.69) is 6.92 Å². The summed E-state index contributed by atoms with van der Waals surface area (Å²) in [7, 11) is 0. The fraction of sp³-hybridized carbons (Fsp3) is 0.571. The second-order valence-corrected chi connectivity index (χ2v) is 4.51. The van der Waals surface area contributed by atoms with Crippen molar-refractivity contribution in [2.24, 2.45) is 5.73 Å². The smallest absolute Gasteiger partial charge is 0.161 e. The van der Waals surface area contributed by atoms with E-state index in [1.54, 1.807) is 0 Å². The summed E-state index contributed by atoms with van der Waals surface area (Å²) in [6, 6.07) is 6.14. The van der Waals surface area contributed by atoms with Gasteiger partial charge in [0.1, 0.15) is 13.2 Å². The van der Waals surface area contributed by atoms with Gasteiger partial charge in [-0.1, -0.05) is 32.3 Å². The Balaban J connectivity index is 0.00000162. The lowest BCUT2D eigenvalue weighted by Gasteiger charge is -2.20. The maximum Gasteiger partial charge on any atom is 0.161 e. The zero-order valence-corrected chi connectivity index (χ0v) is 11.7. The predicted molar refractivity (Wildman–Crippen MR) is 75.8 cm³/mol. The molecule has 4 heteroatoms. The number of hydrogen-bond acceptors (Lipinski definition) is 3. The van der Waals surface area contributed by atoms with Crippen molar-refractivity contribution in [1.82, 2.24) is 0 Å². The summed E-state index contributed by atoms with van der Waals surface area (Å²) >= 11 is 0. The minimum atomic E-state index is 0. The molecule has 0 unspecified atom stereocenters. The molecule has 0 amide bonds. The van der Waals surface area contributed by atoms with Crippen molar-refractivity contribution < 1.29 is 9.47 Å². The van der Waals surface area contributed by atoms with Gasteiger partial charge in [-0.05, 0) is 24.1 Å². The molecule has 1 aromatic rings. The average molecular weight is 272 g/mol. The van der Waals surface area contributed by atoms with Gasteiger partial charge in [-0.25, -0.2) is 0 Å². The molecule has 0 aromatic heterocycles. The number of rotatable bonds is 5. The molecule has 0 saturated heterocycles. The standard InChI is InChI=1S/C14H21NO2.ClH/c1-2-3-4-5-12(15)11-6-7-13-14(10-11)17-9-8-16-13;/h6-7,10,12H,2-5,8-9,15H2,1H3;1H/t12-;/m0./s1. The lowest BCUT2D eigenvalue weighted by Crippen LogP contribution is -2.16. The summed E-state index contributed by atoms with van der Waals surface area (Å²) < 4.78 is 11.1. The van der Waals surface area contributed by atoms with Crippen molar-refractivity contribution in [3.8, 4) is 11.5 Å². The van der Waals surface area contributed by atoms with Crippen LogP contribution in [0.15, 0.2) is 18.2 Å². The van der Waals surface area contributed by atoms with Gasteiger partial charge in [0.15, 0.2) is 11.5 Å².